The van der Waals surface area contributed by atoms with Gasteiger partial charge in [0.2, 0.25) is 0 Å². The molecule has 0 saturated carbocycles. The molecule has 0 aliphatic heterocycles. The summed E-state index contributed by atoms with van der Waals surface area (Å²) < 4.78 is 16.3. The summed E-state index contributed by atoms with van der Waals surface area (Å²) in [4.78, 5) is 11.9. The fourth-order valence-electron chi connectivity index (χ4n) is 3.16. The second-order valence-electron chi connectivity index (χ2n) is 7.28. The van der Waals surface area contributed by atoms with Crippen molar-refractivity contribution in [2.45, 2.75) is 19.4 Å². The van der Waals surface area contributed by atoms with Crippen molar-refractivity contribution in [1.82, 2.24) is 5.32 Å². The molecule has 0 aromatic heterocycles. The van der Waals surface area contributed by atoms with Gasteiger partial charge in [0.15, 0.2) is 0 Å². The lowest BCUT2D eigenvalue weighted by atomic mass is 10.1. The van der Waals surface area contributed by atoms with Crippen LogP contribution < -0.4 is 14.8 Å². The van der Waals surface area contributed by atoms with Crippen molar-refractivity contribution in [1.29, 1.82) is 0 Å². The summed E-state index contributed by atoms with van der Waals surface area (Å²) in [7, 11) is 1.37. The van der Waals surface area contributed by atoms with E-state index in [1.54, 1.807) is 36.4 Å². The van der Waals surface area contributed by atoms with Crippen molar-refractivity contribution >= 4 is 5.97 Å². The first-order valence-electron chi connectivity index (χ1n) is 10.7. The second kappa shape index (κ2) is 12.4. The van der Waals surface area contributed by atoms with Crippen LogP contribution >= 0.6 is 0 Å². The van der Waals surface area contributed by atoms with Gasteiger partial charge in [0.1, 0.15) is 23.9 Å². The van der Waals surface area contributed by atoms with Gasteiger partial charge in [-0.1, -0.05) is 30.3 Å². The van der Waals surface area contributed by atoms with Gasteiger partial charge in [-0.2, -0.15) is 0 Å². The van der Waals surface area contributed by atoms with E-state index in [0.717, 1.165) is 43.0 Å². The lowest BCUT2D eigenvalue weighted by molar-refractivity contribution is 0.0597. The monoisotopic (exact) mass is 435 g/mol. The highest BCUT2D eigenvalue weighted by molar-refractivity contribution is 5.90. The molecule has 3 rings (SSSR count). The van der Waals surface area contributed by atoms with Gasteiger partial charge in [0.05, 0.1) is 19.3 Å². The van der Waals surface area contributed by atoms with E-state index in [9.17, 15) is 9.90 Å². The first-order valence-corrected chi connectivity index (χ1v) is 10.7. The molecule has 6 nitrogen and oxygen atoms in total. The fourth-order valence-corrected chi connectivity index (χ4v) is 3.16. The number of carbonyl (C=O) groups excluding carboxylic acids is 1. The van der Waals surface area contributed by atoms with Gasteiger partial charge in [-0.05, 0) is 74.0 Å². The fraction of sp³-hybridized carbons (Fsp3) is 0.269. The SMILES string of the molecule is COC(=O)c1ccccc1COc1ccc(CCNCCCOc2ccc(O)cc2)cc1. The molecule has 2 N–H and O–H groups in total. The minimum absolute atomic E-state index is 0.238. The number of carbonyl (C=O) groups is 1. The maximum absolute atomic E-state index is 11.9. The van der Waals surface area contributed by atoms with Crippen LogP contribution in [0.3, 0.4) is 0 Å². The minimum Gasteiger partial charge on any atom is -0.508 e. The summed E-state index contributed by atoms with van der Waals surface area (Å²) in [5, 5.41) is 12.7. The minimum atomic E-state index is -0.362. The van der Waals surface area contributed by atoms with Crippen LogP contribution in [0.5, 0.6) is 17.2 Å². The van der Waals surface area contributed by atoms with Gasteiger partial charge in [-0.15, -0.1) is 0 Å². The number of ether oxygens (including phenoxy) is 3. The Hall–Kier alpha value is -3.51. The molecule has 6 heteroatoms. The maximum Gasteiger partial charge on any atom is 0.338 e. The zero-order valence-corrected chi connectivity index (χ0v) is 18.3. The number of phenolic OH excluding ortho intramolecular Hbond substituents is 1. The molecule has 0 heterocycles. The van der Waals surface area contributed by atoms with Gasteiger partial charge < -0.3 is 24.6 Å². The molecule has 0 saturated heterocycles. The van der Waals surface area contributed by atoms with Gasteiger partial charge in [0, 0.05) is 5.56 Å². The van der Waals surface area contributed by atoms with Crippen molar-refractivity contribution in [3.8, 4) is 17.2 Å². The Kier molecular flexibility index (Phi) is 8.95. The van der Waals surface area contributed by atoms with E-state index in [1.165, 1.54) is 12.7 Å². The molecule has 168 valence electrons. The second-order valence-corrected chi connectivity index (χ2v) is 7.28. The largest absolute Gasteiger partial charge is 0.508 e. The number of nitrogens with one attached hydrogen (secondary N) is 1. The average Bonchev–Trinajstić information content (AvgIpc) is 2.83. The van der Waals surface area contributed by atoms with Crippen LogP contribution in [0, 0.1) is 0 Å². The van der Waals surface area contributed by atoms with E-state index >= 15 is 0 Å². The Morgan fingerprint density at radius 2 is 1.56 bits per heavy atom. The van der Waals surface area contributed by atoms with Gasteiger partial charge in [-0.3, -0.25) is 0 Å². The quantitative estimate of drug-likeness (QED) is 0.325. The van der Waals surface area contributed by atoms with Crippen LogP contribution in [-0.4, -0.2) is 37.9 Å². The number of phenols is 1. The predicted molar refractivity (Wildman–Crippen MR) is 123 cm³/mol. The number of benzene rings is 3. The average molecular weight is 436 g/mol. The van der Waals surface area contributed by atoms with Crippen LogP contribution in [0.25, 0.3) is 0 Å². The van der Waals surface area contributed by atoms with E-state index in [4.69, 9.17) is 14.2 Å². The van der Waals surface area contributed by atoms with Crippen molar-refractivity contribution in [2.24, 2.45) is 0 Å². The number of hydrogen-bond acceptors (Lipinski definition) is 6. The van der Waals surface area contributed by atoms with Crippen molar-refractivity contribution in [3.63, 3.8) is 0 Å². The van der Waals surface area contributed by atoms with Gasteiger partial charge >= 0.3 is 5.97 Å². The van der Waals surface area contributed by atoms with Crippen LogP contribution in [0.4, 0.5) is 0 Å². The molecule has 0 radical (unpaired) electrons. The smallest absolute Gasteiger partial charge is 0.338 e. The van der Waals surface area contributed by atoms with Crippen molar-refractivity contribution in [3.05, 3.63) is 89.5 Å². The highest BCUT2D eigenvalue weighted by Crippen LogP contribution is 2.17. The van der Waals surface area contributed by atoms with Crippen molar-refractivity contribution < 1.29 is 24.1 Å². The maximum atomic E-state index is 11.9. The van der Waals surface area contributed by atoms with Crippen LogP contribution in [0.1, 0.15) is 27.9 Å². The van der Waals surface area contributed by atoms with Crippen LogP contribution in [0.2, 0.25) is 0 Å². The van der Waals surface area contributed by atoms with Crippen LogP contribution in [0.15, 0.2) is 72.8 Å². The summed E-state index contributed by atoms with van der Waals surface area (Å²) in [5.41, 5.74) is 2.54. The van der Waals surface area contributed by atoms with Crippen LogP contribution in [-0.2, 0) is 17.8 Å². The van der Waals surface area contributed by atoms with E-state index in [-0.39, 0.29) is 11.7 Å². The number of esters is 1. The molecule has 32 heavy (non-hydrogen) atoms. The third-order valence-corrected chi connectivity index (χ3v) is 4.93. The molecule has 0 spiro atoms. The summed E-state index contributed by atoms with van der Waals surface area (Å²) >= 11 is 0. The summed E-state index contributed by atoms with van der Waals surface area (Å²) in [6.45, 7) is 2.69. The Labute approximate surface area is 188 Å². The molecular formula is C26H29NO5. The molecule has 0 fully saturated rings. The molecule has 0 amide bonds. The standard InChI is InChI=1S/C26H29NO5/c1-30-26(29)25-6-3-2-5-21(25)19-32-24-11-7-20(8-12-24)15-17-27-16-4-18-31-23-13-9-22(28)10-14-23/h2-3,5-14,27-28H,4,15-19H2,1H3. The Bertz CT molecular complexity index is 970. The summed E-state index contributed by atoms with van der Waals surface area (Å²) in [5.74, 6) is 1.40. The Balaban J connectivity index is 1.33. The molecule has 0 bridgehead atoms. The number of aromatic hydroxyl groups is 1. The Morgan fingerprint density at radius 1 is 0.875 bits per heavy atom. The molecule has 0 aliphatic carbocycles. The van der Waals surface area contributed by atoms with E-state index in [1.807, 2.05) is 24.3 Å². The highest BCUT2D eigenvalue weighted by atomic mass is 16.5. The first-order chi connectivity index (χ1) is 15.7. The topological polar surface area (TPSA) is 77.0 Å². The molecular weight excluding hydrogens is 406 g/mol. The summed E-state index contributed by atoms with van der Waals surface area (Å²) in [6, 6.07) is 22.0. The van der Waals surface area contributed by atoms with E-state index in [2.05, 4.69) is 17.4 Å². The Morgan fingerprint density at radius 3 is 2.31 bits per heavy atom. The molecule has 0 unspecified atom stereocenters. The zero-order chi connectivity index (χ0) is 22.6. The molecule has 0 atom stereocenters. The lowest BCUT2D eigenvalue weighted by Gasteiger charge is -2.11. The number of rotatable bonds is 12. The number of methoxy groups -OCH3 is 1. The van der Waals surface area contributed by atoms with E-state index < -0.39 is 0 Å². The zero-order valence-electron chi connectivity index (χ0n) is 18.3. The molecule has 3 aromatic carbocycles. The predicted octanol–water partition coefficient (Wildman–Crippen LogP) is 4.36. The highest BCUT2D eigenvalue weighted by Gasteiger charge is 2.11. The first kappa shape index (κ1) is 23.2. The summed E-state index contributed by atoms with van der Waals surface area (Å²) in [6.07, 6.45) is 1.82. The van der Waals surface area contributed by atoms with Gasteiger partial charge in [-0.25, -0.2) is 4.79 Å². The normalized spacial score (nSPS) is 10.5. The molecule has 3 aromatic rings. The van der Waals surface area contributed by atoms with E-state index in [0.29, 0.717) is 18.8 Å². The number of hydrogen-bond donors (Lipinski definition) is 2. The lowest BCUT2D eigenvalue weighted by Crippen LogP contribution is -2.20. The van der Waals surface area contributed by atoms with Gasteiger partial charge in [0.25, 0.3) is 0 Å². The third-order valence-electron chi connectivity index (χ3n) is 4.93. The third kappa shape index (κ3) is 7.32. The van der Waals surface area contributed by atoms with Crippen molar-refractivity contribution in [2.75, 3.05) is 26.8 Å². The molecule has 0 aliphatic rings.